The van der Waals surface area contributed by atoms with Gasteiger partial charge in [0.05, 0.1) is 0 Å². The van der Waals surface area contributed by atoms with Crippen LogP contribution >= 0.6 is 11.3 Å². The first-order chi connectivity index (χ1) is 8.60. The summed E-state index contributed by atoms with van der Waals surface area (Å²) < 4.78 is 25.9. The molecule has 0 spiro atoms. The average molecular weight is 267 g/mol. The molecule has 0 saturated heterocycles. The molecule has 96 valence electrons. The number of aryl methyl sites for hydroxylation is 1. The maximum Gasteiger partial charge on any atom is 0.159 e. The summed E-state index contributed by atoms with van der Waals surface area (Å²) in [6, 6.07) is 7.66. The first-order valence-electron chi connectivity index (χ1n) is 5.88. The first kappa shape index (κ1) is 13.2. The van der Waals surface area contributed by atoms with E-state index in [0.29, 0.717) is 12.0 Å². The van der Waals surface area contributed by atoms with Crippen LogP contribution in [-0.2, 0) is 12.8 Å². The molecule has 0 bridgehead atoms. The van der Waals surface area contributed by atoms with Crippen molar-refractivity contribution in [2.24, 2.45) is 5.73 Å². The van der Waals surface area contributed by atoms with Crippen molar-refractivity contribution in [3.05, 3.63) is 57.3 Å². The van der Waals surface area contributed by atoms with E-state index in [1.54, 1.807) is 11.3 Å². The highest BCUT2D eigenvalue weighted by atomic mass is 32.1. The van der Waals surface area contributed by atoms with Crippen molar-refractivity contribution >= 4 is 11.3 Å². The van der Waals surface area contributed by atoms with E-state index in [1.165, 1.54) is 21.9 Å². The van der Waals surface area contributed by atoms with E-state index in [0.717, 1.165) is 12.5 Å². The molecule has 2 rings (SSSR count). The molecule has 0 saturated carbocycles. The van der Waals surface area contributed by atoms with Gasteiger partial charge in [-0.15, -0.1) is 11.3 Å². The molecule has 2 N–H and O–H groups in total. The molecule has 2 aromatic rings. The van der Waals surface area contributed by atoms with E-state index in [-0.39, 0.29) is 6.04 Å². The van der Waals surface area contributed by atoms with Crippen LogP contribution in [0.3, 0.4) is 0 Å². The van der Waals surface area contributed by atoms with Gasteiger partial charge in [0.25, 0.3) is 0 Å². The number of thiophene rings is 1. The number of hydrogen-bond acceptors (Lipinski definition) is 2. The van der Waals surface area contributed by atoms with Gasteiger partial charge in [-0.2, -0.15) is 0 Å². The largest absolute Gasteiger partial charge is 0.324 e. The molecular formula is C14H15F2NS. The molecule has 0 aliphatic carbocycles. The summed E-state index contributed by atoms with van der Waals surface area (Å²) in [5.41, 5.74) is 6.64. The van der Waals surface area contributed by atoms with Crippen LogP contribution in [0.5, 0.6) is 0 Å². The van der Waals surface area contributed by atoms with Crippen molar-refractivity contribution < 1.29 is 8.78 Å². The fraction of sp³-hybridized carbons (Fsp3) is 0.286. The Hall–Kier alpha value is -1.26. The monoisotopic (exact) mass is 267 g/mol. The van der Waals surface area contributed by atoms with E-state index < -0.39 is 11.6 Å². The number of benzene rings is 1. The standard InChI is InChI=1S/C14H15F2NS/c1-2-10-4-5-11(18-10)8-14(17)9-3-6-12(15)13(16)7-9/h3-7,14H,2,8,17H2,1H3. The molecule has 4 heteroatoms. The topological polar surface area (TPSA) is 26.0 Å². The summed E-state index contributed by atoms with van der Waals surface area (Å²) in [5.74, 6) is -1.68. The lowest BCUT2D eigenvalue weighted by Crippen LogP contribution is -2.13. The third-order valence-electron chi connectivity index (χ3n) is 2.86. The van der Waals surface area contributed by atoms with Gasteiger partial charge in [0.15, 0.2) is 11.6 Å². The maximum atomic E-state index is 13.1. The maximum absolute atomic E-state index is 13.1. The Labute approximate surface area is 109 Å². The minimum atomic E-state index is -0.844. The molecule has 1 aromatic carbocycles. The Kier molecular flexibility index (Phi) is 4.09. The van der Waals surface area contributed by atoms with Crippen LogP contribution < -0.4 is 5.73 Å². The van der Waals surface area contributed by atoms with Crippen molar-refractivity contribution in [1.82, 2.24) is 0 Å². The predicted molar refractivity (Wildman–Crippen MR) is 70.7 cm³/mol. The van der Waals surface area contributed by atoms with Crippen molar-refractivity contribution in [2.75, 3.05) is 0 Å². The van der Waals surface area contributed by atoms with Gasteiger partial charge in [-0.25, -0.2) is 8.78 Å². The quantitative estimate of drug-likeness (QED) is 0.895. The highest BCUT2D eigenvalue weighted by Gasteiger charge is 2.11. The van der Waals surface area contributed by atoms with E-state index in [4.69, 9.17) is 5.73 Å². The van der Waals surface area contributed by atoms with Crippen LogP contribution in [0.4, 0.5) is 8.78 Å². The zero-order chi connectivity index (χ0) is 13.1. The number of hydrogen-bond donors (Lipinski definition) is 1. The minimum absolute atomic E-state index is 0.302. The molecule has 0 fully saturated rings. The van der Waals surface area contributed by atoms with E-state index in [2.05, 4.69) is 13.0 Å². The Bertz CT molecular complexity index is 536. The van der Waals surface area contributed by atoms with Crippen molar-refractivity contribution in [3.63, 3.8) is 0 Å². The summed E-state index contributed by atoms with van der Waals surface area (Å²) in [7, 11) is 0. The Balaban J connectivity index is 2.11. The summed E-state index contributed by atoms with van der Waals surface area (Å²) in [6.45, 7) is 2.10. The summed E-state index contributed by atoms with van der Waals surface area (Å²) in [5, 5.41) is 0. The molecule has 1 aromatic heterocycles. The normalized spacial score (nSPS) is 12.7. The Morgan fingerprint density at radius 2 is 1.83 bits per heavy atom. The lowest BCUT2D eigenvalue weighted by atomic mass is 10.0. The van der Waals surface area contributed by atoms with Crippen molar-refractivity contribution in [2.45, 2.75) is 25.8 Å². The van der Waals surface area contributed by atoms with Gasteiger partial charge in [-0.05, 0) is 36.2 Å². The van der Waals surface area contributed by atoms with Crippen molar-refractivity contribution in [3.8, 4) is 0 Å². The Morgan fingerprint density at radius 3 is 2.44 bits per heavy atom. The van der Waals surface area contributed by atoms with E-state index in [1.807, 2.05) is 6.07 Å². The number of halogens is 2. The molecule has 18 heavy (non-hydrogen) atoms. The van der Waals surface area contributed by atoms with Gasteiger partial charge in [-0.3, -0.25) is 0 Å². The lowest BCUT2D eigenvalue weighted by Gasteiger charge is -2.11. The van der Waals surface area contributed by atoms with E-state index in [9.17, 15) is 8.78 Å². The summed E-state index contributed by atoms with van der Waals surface area (Å²) in [4.78, 5) is 2.48. The lowest BCUT2D eigenvalue weighted by molar-refractivity contribution is 0.505. The third-order valence-corrected chi connectivity index (χ3v) is 4.11. The Morgan fingerprint density at radius 1 is 1.11 bits per heavy atom. The van der Waals surface area contributed by atoms with E-state index >= 15 is 0 Å². The fourth-order valence-electron chi connectivity index (χ4n) is 1.80. The van der Waals surface area contributed by atoms with Gasteiger partial charge >= 0.3 is 0 Å². The van der Waals surface area contributed by atoms with Crippen LogP contribution in [0.1, 0.15) is 28.3 Å². The molecule has 1 nitrogen and oxygen atoms in total. The zero-order valence-corrected chi connectivity index (χ0v) is 10.9. The molecule has 0 radical (unpaired) electrons. The van der Waals surface area contributed by atoms with Crippen LogP contribution in [0.2, 0.25) is 0 Å². The highest BCUT2D eigenvalue weighted by molar-refractivity contribution is 7.11. The molecular weight excluding hydrogens is 252 g/mol. The van der Waals surface area contributed by atoms with Crippen LogP contribution in [0.15, 0.2) is 30.3 Å². The predicted octanol–water partition coefficient (Wildman–Crippen LogP) is 3.83. The molecule has 1 heterocycles. The van der Waals surface area contributed by atoms with Gasteiger partial charge in [-0.1, -0.05) is 13.0 Å². The molecule has 1 atom stereocenters. The second-order valence-electron chi connectivity index (χ2n) is 4.21. The van der Waals surface area contributed by atoms with Gasteiger partial charge in [0.2, 0.25) is 0 Å². The zero-order valence-electron chi connectivity index (χ0n) is 10.1. The van der Waals surface area contributed by atoms with Crippen LogP contribution in [-0.4, -0.2) is 0 Å². The highest BCUT2D eigenvalue weighted by Crippen LogP contribution is 2.23. The second kappa shape index (κ2) is 5.59. The first-order valence-corrected chi connectivity index (χ1v) is 6.70. The average Bonchev–Trinajstić information content (AvgIpc) is 2.80. The summed E-state index contributed by atoms with van der Waals surface area (Å²) >= 11 is 1.72. The summed E-state index contributed by atoms with van der Waals surface area (Å²) in [6.07, 6.45) is 1.65. The molecule has 0 aliphatic rings. The second-order valence-corrected chi connectivity index (χ2v) is 5.46. The SMILES string of the molecule is CCc1ccc(CC(N)c2ccc(F)c(F)c2)s1. The number of nitrogens with two attached hydrogens (primary N) is 1. The van der Waals surface area contributed by atoms with Crippen LogP contribution in [0.25, 0.3) is 0 Å². The van der Waals surface area contributed by atoms with Gasteiger partial charge in [0.1, 0.15) is 0 Å². The van der Waals surface area contributed by atoms with Gasteiger partial charge < -0.3 is 5.73 Å². The molecule has 0 aliphatic heterocycles. The fourth-order valence-corrected chi connectivity index (χ4v) is 2.82. The minimum Gasteiger partial charge on any atom is -0.324 e. The third kappa shape index (κ3) is 2.94. The van der Waals surface area contributed by atoms with Crippen molar-refractivity contribution in [1.29, 1.82) is 0 Å². The smallest absolute Gasteiger partial charge is 0.159 e. The molecule has 1 unspecified atom stereocenters. The van der Waals surface area contributed by atoms with Gasteiger partial charge in [0, 0.05) is 22.2 Å². The van der Waals surface area contributed by atoms with Crippen LogP contribution in [0, 0.1) is 11.6 Å². The molecule has 0 amide bonds. The number of rotatable bonds is 4.